The van der Waals surface area contributed by atoms with E-state index < -0.39 is 15.1 Å². The van der Waals surface area contributed by atoms with Crippen molar-refractivity contribution in [3.63, 3.8) is 0 Å². The van der Waals surface area contributed by atoms with Gasteiger partial charge in [0.25, 0.3) is 0 Å². The molecule has 0 radical (unpaired) electrons. The average Bonchev–Trinajstić information content (AvgIpc) is 1.91. The van der Waals surface area contributed by atoms with Crippen LogP contribution in [0.4, 0.5) is 4.39 Å². The van der Waals surface area contributed by atoms with Gasteiger partial charge in [-0.15, -0.1) is 0 Å². The Bertz CT molecular complexity index is 157. The second kappa shape index (κ2) is 7.46. The van der Waals surface area contributed by atoms with Crippen LogP contribution in [0.1, 0.15) is 0 Å². The third-order valence-electron chi connectivity index (χ3n) is 0.733. The van der Waals surface area contributed by atoms with Crippen molar-refractivity contribution in [2.45, 2.75) is 0 Å². The molecule has 0 unspecified atom stereocenters. The van der Waals surface area contributed by atoms with Gasteiger partial charge in [0.05, 0.1) is 0 Å². The normalized spacial score (nSPS) is 7.10. The molecule has 1 aromatic rings. The molecule has 0 bridgehead atoms. The SMILES string of the molecule is Fc1ccccc1.[Cl][Zn][Cl]. The standard InChI is InChI=1S/C6H5F.2ClH.Zn/c7-6-4-2-1-3-5-6;;;/h1-5H;2*1H;/q;;;+2/p-2. The zero-order valence-corrected chi connectivity index (χ0v) is 9.71. The van der Waals surface area contributed by atoms with Crippen molar-refractivity contribution in [3.8, 4) is 0 Å². The van der Waals surface area contributed by atoms with Crippen LogP contribution in [-0.4, -0.2) is 0 Å². The first kappa shape index (κ1) is 10.4. The molecule has 0 aromatic heterocycles. The summed E-state index contributed by atoms with van der Waals surface area (Å²) in [5.41, 5.74) is 0. The fraction of sp³-hybridized carbons (Fsp3) is 0. The van der Waals surface area contributed by atoms with E-state index in [0.717, 1.165) is 0 Å². The minimum atomic E-state index is -0.931. The topological polar surface area (TPSA) is 0 Å². The first-order valence-electron chi connectivity index (χ1n) is 2.63. The van der Waals surface area contributed by atoms with Crippen LogP contribution < -0.4 is 0 Å². The molecule has 0 nitrogen and oxygen atoms in total. The summed E-state index contributed by atoms with van der Waals surface area (Å²) >= 11 is -0.931. The first-order valence-corrected chi connectivity index (χ1v) is 10.4. The summed E-state index contributed by atoms with van der Waals surface area (Å²) < 4.78 is 11.9. The van der Waals surface area contributed by atoms with Crippen LogP contribution in [0.5, 0.6) is 0 Å². The van der Waals surface area contributed by atoms with Gasteiger partial charge in [-0.3, -0.25) is 0 Å². The molecular weight excluding hydrogens is 227 g/mol. The van der Waals surface area contributed by atoms with E-state index in [0.29, 0.717) is 0 Å². The fourth-order valence-corrected chi connectivity index (χ4v) is 0.415. The summed E-state index contributed by atoms with van der Waals surface area (Å²) in [5, 5.41) is 0. The quantitative estimate of drug-likeness (QED) is 0.603. The van der Waals surface area contributed by atoms with Gasteiger partial charge in [-0.25, -0.2) is 4.39 Å². The van der Waals surface area contributed by atoms with Crippen molar-refractivity contribution in [2.75, 3.05) is 0 Å². The second-order valence-corrected chi connectivity index (χ2v) is 6.02. The molecule has 0 saturated carbocycles. The third kappa shape index (κ3) is 6.47. The maximum atomic E-state index is 11.9. The van der Waals surface area contributed by atoms with E-state index >= 15 is 0 Å². The zero-order valence-electron chi connectivity index (χ0n) is 5.23. The number of hydrogen-bond acceptors (Lipinski definition) is 0. The Kier molecular flexibility index (Phi) is 7.72. The Hall–Kier alpha value is 0.353. The molecule has 0 aliphatic heterocycles. The Balaban J connectivity index is 0.000000236. The molecule has 0 aliphatic rings. The number of rotatable bonds is 0. The molecule has 0 spiro atoms. The van der Waals surface area contributed by atoms with Crippen LogP contribution in [0.3, 0.4) is 0 Å². The summed E-state index contributed by atoms with van der Waals surface area (Å²) in [6.45, 7) is 0. The van der Waals surface area contributed by atoms with Gasteiger partial charge in [0.2, 0.25) is 0 Å². The van der Waals surface area contributed by atoms with Crippen molar-refractivity contribution in [1.82, 2.24) is 0 Å². The van der Waals surface area contributed by atoms with Gasteiger partial charge in [-0.1, -0.05) is 18.2 Å². The van der Waals surface area contributed by atoms with Crippen molar-refractivity contribution >= 4 is 19.4 Å². The minimum absolute atomic E-state index is 0.178. The number of hydrogen-bond donors (Lipinski definition) is 0. The van der Waals surface area contributed by atoms with Crippen LogP contribution >= 0.6 is 19.4 Å². The van der Waals surface area contributed by atoms with Gasteiger partial charge >= 0.3 is 34.5 Å². The van der Waals surface area contributed by atoms with Gasteiger partial charge in [0.15, 0.2) is 0 Å². The van der Waals surface area contributed by atoms with E-state index in [1.54, 1.807) is 18.2 Å². The van der Waals surface area contributed by atoms with Gasteiger partial charge in [0, 0.05) is 0 Å². The summed E-state index contributed by atoms with van der Waals surface area (Å²) in [7, 11) is 9.90. The van der Waals surface area contributed by atoms with Gasteiger partial charge < -0.3 is 0 Å². The van der Waals surface area contributed by atoms with Crippen LogP contribution in [0.15, 0.2) is 30.3 Å². The van der Waals surface area contributed by atoms with E-state index in [4.69, 9.17) is 19.4 Å². The van der Waals surface area contributed by atoms with E-state index in [-0.39, 0.29) is 5.82 Å². The van der Waals surface area contributed by atoms with Crippen molar-refractivity contribution in [1.29, 1.82) is 0 Å². The molecule has 0 N–H and O–H groups in total. The molecule has 0 atom stereocenters. The van der Waals surface area contributed by atoms with Crippen LogP contribution in [0.2, 0.25) is 0 Å². The molecule has 4 heteroatoms. The first-order chi connectivity index (χ1) is 4.81. The molecule has 10 heavy (non-hydrogen) atoms. The van der Waals surface area contributed by atoms with Crippen LogP contribution in [0, 0.1) is 5.82 Å². The van der Waals surface area contributed by atoms with Crippen LogP contribution in [-0.2, 0) is 15.1 Å². The molecule has 0 amide bonds. The molecule has 1 rings (SSSR count). The Morgan fingerprint density at radius 3 is 1.70 bits per heavy atom. The molecule has 0 fully saturated rings. The van der Waals surface area contributed by atoms with E-state index in [9.17, 15) is 4.39 Å². The second-order valence-electron chi connectivity index (χ2n) is 1.40. The van der Waals surface area contributed by atoms with Gasteiger partial charge in [0.1, 0.15) is 5.82 Å². The van der Waals surface area contributed by atoms with Crippen LogP contribution in [0.25, 0.3) is 0 Å². The van der Waals surface area contributed by atoms with Crippen molar-refractivity contribution in [2.24, 2.45) is 0 Å². The average molecular weight is 232 g/mol. The summed E-state index contributed by atoms with van der Waals surface area (Å²) in [6.07, 6.45) is 0. The monoisotopic (exact) mass is 230 g/mol. The van der Waals surface area contributed by atoms with Crippen molar-refractivity contribution in [3.05, 3.63) is 36.1 Å². The van der Waals surface area contributed by atoms with E-state index in [1.165, 1.54) is 12.1 Å². The number of halogens is 3. The Labute approximate surface area is 75.0 Å². The summed E-state index contributed by atoms with van der Waals surface area (Å²) in [6, 6.07) is 7.94. The molecule has 0 aliphatic carbocycles. The number of benzene rings is 1. The fourth-order valence-electron chi connectivity index (χ4n) is 0.415. The third-order valence-corrected chi connectivity index (χ3v) is 0.733. The molecular formula is C6H5Cl2FZn. The molecule has 1 aromatic carbocycles. The molecule has 0 heterocycles. The van der Waals surface area contributed by atoms with Gasteiger partial charge in [-0.2, -0.15) is 0 Å². The summed E-state index contributed by atoms with van der Waals surface area (Å²) in [5.74, 6) is -0.178. The van der Waals surface area contributed by atoms with Crippen molar-refractivity contribution < 1.29 is 19.5 Å². The van der Waals surface area contributed by atoms with E-state index in [2.05, 4.69) is 0 Å². The zero-order chi connectivity index (χ0) is 7.82. The molecule has 52 valence electrons. The summed E-state index contributed by atoms with van der Waals surface area (Å²) in [4.78, 5) is 0. The Morgan fingerprint density at radius 2 is 1.50 bits per heavy atom. The van der Waals surface area contributed by atoms with Gasteiger partial charge in [-0.05, 0) is 12.1 Å². The predicted octanol–water partition coefficient (Wildman–Crippen LogP) is 3.20. The van der Waals surface area contributed by atoms with E-state index in [1.807, 2.05) is 0 Å². The maximum absolute atomic E-state index is 11.9. The predicted molar refractivity (Wildman–Crippen MR) is 38.1 cm³/mol. The Morgan fingerprint density at radius 1 is 1.10 bits per heavy atom. The molecule has 0 saturated heterocycles.